The molecular weight excluding hydrogens is 304 g/mol. The summed E-state index contributed by atoms with van der Waals surface area (Å²) in [6.07, 6.45) is 0. The molecule has 9 heteroatoms. The Kier molecular flexibility index (Phi) is 42.4. The van der Waals surface area contributed by atoms with Crippen molar-refractivity contribution < 1.29 is 68.6 Å². The molecule has 0 aliphatic heterocycles. The van der Waals surface area contributed by atoms with Crippen molar-refractivity contribution in [3.8, 4) is 0 Å². The van der Waals surface area contributed by atoms with E-state index in [1.165, 1.54) is 0 Å². The summed E-state index contributed by atoms with van der Waals surface area (Å²) < 4.78 is 32.0. The Morgan fingerprint density at radius 3 is 0.889 bits per heavy atom. The molecule has 9 heavy (non-hydrogen) atoms. The van der Waals surface area contributed by atoms with Gasteiger partial charge in [0.05, 0.1) is 0 Å². The maximum absolute atomic E-state index is 8.85. The van der Waals surface area contributed by atoms with Crippen molar-refractivity contribution in [3.63, 3.8) is 0 Å². The van der Waals surface area contributed by atoms with Crippen LogP contribution in [0.5, 0.6) is 0 Å². The van der Waals surface area contributed by atoms with Crippen molar-refractivity contribution in [2.24, 2.45) is 0 Å². The van der Waals surface area contributed by atoms with Crippen LogP contribution >= 0.6 is 0 Å². The van der Waals surface area contributed by atoms with Gasteiger partial charge in [0.1, 0.15) is 0 Å². The molecule has 0 rings (SSSR count). The van der Waals surface area contributed by atoms with Crippen LogP contribution in [0.2, 0.25) is 0 Å². The van der Waals surface area contributed by atoms with Crippen LogP contribution in [0.1, 0.15) is 0 Å². The molecule has 0 aliphatic rings. The van der Waals surface area contributed by atoms with Crippen LogP contribution in [-0.2, 0) is 61.0 Å². The van der Waals surface area contributed by atoms with Gasteiger partial charge >= 0.3 is 31.1 Å². The predicted octanol–water partition coefficient (Wildman–Crippen LogP) is -1.71. The second-order valence-corrected chi connectivity index (χ2v) is 2.65. The first-order chi connectivity index (χ1) is 2.00. The molecule has 0 heterocycles. The van der Waals surface area contributed by atoms with E-state index in [1.807, 2.05) is 0 Å². The molecule has 62 valence electrons. The van der Waals surface area contributed by atoms with Crippen molar-refractivity contribution in [3.05, 3.63) is 0 Å². The summed E-state index contributed by atoms with van der Waals surface area (Å²) in [5.74, 6) is 0. The van der Waals surface area contributed by atoms with E-state index in [2.05, 4.69) is 0 Å². The predicted molar refractivity (Wildman–Crippen MR) is 7.87 cm³/mol. The van der Waals surface area contributed by atoms with Crippen LogP contribution in [0.25, 0.3) is 0 Å². The molecule has 0 aromatic carbocycles. The molecule has 7 nitrogen and oxygen atoms in total. The fourth-order valence-corrected chi connectivity index (χ4v) is 0. The Morgan fingerprint density at radius 2 is 0.889 bits per heavy atom. The van der Waals surface area contributed by atoms with E-state index in [4.69, 9.17) is 14.3 Å². The zero-order valence-electron chi connectivity index (χ0n) is 3.75. The summed E-state index contributed by atoms with van der Waals surface area (Å²) >= 11 is -5.52. The number of hydrogen-bond donors (Lipinski definition) is 2. The van der Waals surface area contributed by atoms with E-state index < -0.39 is 16.7 Å². The molecule has 0 atom stereocenters. The minimum absolute atomic E-state index is 0. The fourth-order valence-electron chi connectivity index (χ4n) is 0. The van der Waals surface area contributed by atoms with E-state index in [-0.39, 0.29) is 37.5 Å². The van der Waals surface area contributed by atoms with Gasteiger partial charge in [-0.25, -0.2) is 0 Å². The van der Waals surface area contributed by atoms with E-state index >= 15 is 0 Å². The van der Waals surface area contributed by atoms with Gasteiger partial charge in [0, 0.05) is 21.1 Å². The SMILES string of the molecule is [Mo].[O-2].[O-2].[O-2].[O]=[Mo](=[O])([OH])[OH]. The Hall–Kier alpha value is 0.777. The molecule has 0 aromatic heterocycles. The van der Waals surface area contributed by atoms with Gasteiger partial charge in [-0.15, -0.1) is 0 Å². The molecule has 0 aromatic rings. The molecule has 2 N–H and O–H groups in total. The molecular formula is H2Mo2O7-6. The van der Waals surface area contributed by atoms with Gasteiger partial charge in [-0.1, -0.05) is 0 Å². The maximum atomic E-state index is 8.85. The van der Waals surface area contributed by atoms with Crippen molar-refractivity contribution in [1.82, 2.24) is 0 Å². The van der Waals surface area contributed by atoms with Gasteiger partial charge < -0.3 is 16.4 Å². The first kappa shape index (κ1) is 33.0. The molecule has 0 amide bonds. The average molecular weight is 306 g/mol. The van der Waals surface area contributed by atoms with Crippen molar-refractivity contribution in [1.29, 1.82) is 0 Å². The molecule has 0 radical (unpaired) electrons. The third kappa shape index (κ3) is 668. The summed E-state index contributed by atoms with van der Waals surface area (Å²) in [5, 5.41) is 0. The van der Waals surface area contributed by atoms with Crippen LogP contribution < -0.4 is 0 Å². The molecule has 0 spiro atoms. The zero-order chi connectivity index (χ0) is 4.50. The van der Waals surface area contributed by atoms with Crippen molar-refractivity contribution in [2.75, 3.05) is 0 Å². The first-order valence-corrected chi connectivity index (χ1v) is 4.13. The summed E-state index contributed by atoms with van der Waals surface area (Å²) in [6, 6.07) is 0. The second kappa shape index (κ2) is 11.6. The summed E-state index contributed by atoms with van der Waals surface area (Å²) in [7, 11) is 0. The third-order valence-corrected chi connectivity index (χ3v) is 0. The zero-order valence-corrected chi connectivity index (χ0v) is 7.77. The van der Waals surface area contributed by atoms with Gasteiger partial charge in [-0.2, -0.15) is 0 Å². The normalized spacial score (nSPS) is 6.44. The van der Waals surface area contributed by atoms with Crippen LogP contribution in [0.4, 0.5) is 0 Å². The van der Waals surface area contributed by atoms with Gasteiger partial charge in [-0.05, 0) is 0 Å². The number of hydrogen-bond acceptors (Lipinski definition) is 2. The van der Waals surface area contributed by atoms with E-state index in [1.54, 1.807) is 0 Å². The summed E-state index contributed by atoms with van der Waals surface area (Å²) in [6.45, 7) is 0. The molecule has 0 unspecified atom stereocenters. The van der Waals surface area contributed by atoms with E-state index in [0.29, 0.717) is 0 Å². The van der Waals surface area contributed by atoms with E-state index in [0.717, 1.165) is 0 Å². The van der Waals surface area contributed by atoms with Crippen molar-refractivity contribution >= 4 is 0 Å². The Bertz CT molecular complexity index is 90.1. The van der Waals surface area contributed by atoms with Crippen LogP contribution in [0.15, 0.2) is 0 Å². The van der Waals surface area contributed by atoms with Gasteiger partial charge in [-0.3, -0.25) is 0 Å². The Morgan fingerprint density at radius 1 is 0.889 bits per heavy atom. The standard InChI is InChI=1S/2Mo.2H2O.5O/h;;2*1H2;;;;;/q;+2;;;;;3*-2/p-2. The monoisotopic (exact) mass is 310 g/mol. The Labute approximate surface area is 68.6 Å². The molecule has 0 fully saturated rings. The van der Waals surface area contributed by atoms with Gasteiger partial charge in [0.25, 0.3) is 0 Å². The van der Waals surface area contributed by atoms with Crippen molar-refractivity contribution in [2.45, 2.75) is 0 Å². The fraction of sp³-hybridized carbons (Fsp3) is 0. The quantitative estimate of drug-likeness (QED) is 0.510. The van der Waals surface area contributed by atoms with Crippen LogP contribution in [-0.4, -0.2) is 7.52 Å². The topological polar surface area (TPSA) is 160 Å². The average Bonchev–Trinajstić information content (AvgIpc) is 0.722. The van der Waals surface area contributed by atoms with Gasteiger partial charge in [0.2, 0.25) is 0 Å². The van der Waals surface area contributed by atoms with Gasteiger partial charge in [0.15, 0.2) is 0 Å². The third-order valence-electron chi connectivity index (χ3n) is 0. The minimum atomic E-state index is -5.52. The first-order valence-electron chi connectivity index (χ1n) is 0.698. The number of rotatable bonds is 0. The Balaban J connectivity index is -0.0000000133. The second-order valence-electron chi connectivity index (χ2n) is 0.448. The summed E-state index contributed by atoms with van der Waals surface area (Å²) in [5.41, 5.74) is 0. The van der Waals surface area contributed by atoms with Crippen LogP contribution in [0.3, 0.4) is 0 Å². The summed E-state index contributed by atoms with van der Waals surface area (Å²) in [4.78, 5) is 0. The van der Waals surface area contributed by atoms with Crippen LogP contribution in [0, 0.1) is 0 Å². The molecule has 0 saturated heterocycles. The van der Waals surface area contributed by atoms with E-state index in [9.17, 15) is 0 Å². The molecule has 0 saturated carbocycles. The molecule has 0 bridgehead atoms. The molecule has 0 aliphatic carbocycles.